The number of halogens is 2. The molecule has 180 valence electrons. The second-order valence-electron chi connectivity index (χ2n) is 8.80. The third-order valence-electron chi connectivity index (χ3n) is 6.70. The summed E-state index contributed by atoms with van der Waals surface area (Å²) >= 11 is 0. The van der Waals surface area contributed by atoms with Crippen molar-refractivity contribution >= 4 is 18.0 Å². The van der Waals surface area contributed by atoms with E-state index in [1.807, 2.05) is 48.5 Å². The molecule has 1 heterocycles. The van der Waals surface area contributed by atoms with Crippen LogP contribution in [0.15, 0.2) is 48.5 Å². The highest BCUT2D eigenvalue weighted by atomic mass is 19.3. The number of rotatable bonds is 8. The minimum absolute atomic E-state index is 0.0232. The predicted octanol–water partition coefficient (Wildman–Crippen LogP) is 3.73. The predicted molar refractivity (Wildman–Crippen MR) is 119 cm³/mol. The van der Waals surface area contributed by atoms with Crippen LogP contribution < -0.4 is 5.32 Å². The Morgan fingerprint density at radius 2 is 1.62 bits per heavy atom. The maximum atomic E-state index is 13.5. The van der Waals surface area contributed by atoms with Crippen LogP contribution in [0.3, 0.4) is 0 Å². The van der Waals surface area contributed by atoms with Crippen LogP contribution in [0.5, 0.6) is 0 Å². The molecule has 4 rings (SSSR count). The summed E-state index contributed by atoms with van der Waals surface area (Å²) in [5.74, 6) is -2.55. The number of alkyl halides is 2. The van der Waals surface area contributed by atoms with Crippen molar-refractivity contribution in [2.75, 3.05) is 19.7 Å². The van der Waals surface area contributed by atoms with E-state index in [-0.39, 0.29) is 31.5 Å². The molecule has 2 amide bonds. The number of fused-ring (bicyclic) bond motifs is 3. The third-order valence-corrected chi connectivity index (χ3v) is 6.70. The summed E-state index contributed by atoms with van der Waals surface area (Å²) in [6.45, 7) is 1.93. The van der Waals surface area contributed by atoms with E-state index >= 15 is 0 Å². The monoisotopic (exact) mass is 472 g/mol. The summed E-state index contributed by atoms with van der Waals surface area (Å²) in [5, 5.41) is 11.2. The van der Waals surface area contributed by atoms with Gasteiger partial charge < -0.3 is 20.1 Å². The number of amides is 2. The fraction of sp³-hybridized carbons (Fsp3) is 0.400. The number of likely N-dealkylation sites (tertiary alicyclic amines) is 1. The number of alkyl carbamates (subject to hydrolysis) is 1. The van der Waals surface area contributed by atoms with E-state index in [9.17, 15) is 23.2 Å². The minimum Gasteiger partial charge on any atom is -0.481 e. The molecule has 2 N–H and O–H groups in total. The number of carboxylic acid groups (broad SMARTS) is 1. The molecule has 2 atom stereocenters. The number of carbonyl (C=O) groups excluding carboxylic acids is 2. The number of hydrogen-bond donors (Lipinski definition) is 2. The third kappa shape index (κ3) is 4.73. The summed E-state index contributed by atoms with van der Waals surface area (Å²) < 4.78 is 32.4. The Labute approximate surface area is 195 Å². The smallest absolute Gasteiger partial charge is 0.407 e. The molecule has 2 aliphatic rings. The van der Waals surface area contributed by atoms with Crippen LogP contribution in [0.1, 0.15) is 30.4 Å². The number of carbonyl (C=O) groups is 3. The van der Waals surface area contributed by atoms with Gasteiger partial charge in [0.25, 0.3) is 6.43 Å². The Morgan fingerprint density at radius 1 is 1.06 bits per heavy atom. The molecular weight excluding hydrogens is 446 g/mol. The van der Waals surface area contributed by atoms with Crippen molar-refractivity contribution < 1.29 is 33.0 Å². The van der Waals surface area contributed by atoms with Gasteiger partial charge in [0.1, 0.15) is 12.6 Å². The summed E-state index contributed by atoms with van der Waals surface area (Å²) in [5.41, 5.74) is 4.10. The molecule has 7 nitrogen and oxygen atoms in total. The Bertz CT molecular complexity index is 1040. The van der Waals surface area contributed by atoms with Crippen LogP contribution in [0.2, 0.25) is 0 Å². The Hall–Kier alpha value is -3.49. The molecule has 9 heteroatoms. The Kier molecular flexibility index (Phi) is 6.81. The standard InChI is InChI=1S/C25H26F2N2O5/c1-14(24(31)32)15-11-29(12-15)22(30)10-21(23(26)27)28-25(33)34-13-20-18-8-4-2-6-16(18)17-7-3-5-9-19(17)20/h2-9,14-15,20-21,23H,10-13H2,1H3,(H,28,33)(H,31,32). The molecule has 2 aromatic carbocycles. The second-order valence-corrected chi connectivity index (χ2v) is 8.80. The van der Waals surface area contributed by atoms with E-state index in [1.165, 1.54) is 4.90 Å². The number of benzene rings is 2. The highest BCUT2D eigenvalue weighted by Crippen LogP contribution is 2.44. The van der Waals surface area contributed by atoms with Crippen molar-refractivity contribution in [1.29, 1.82) is 0 Å². The van der Waals surface area contributed by atoms with Gasteiger partial charge in [-0.3, -0.25) is 9.59 Å². The summed E-state index contributed by atoms with van der Waals surface area (Å²) in [6, 6.07) is 13.8. The van der Waals surface area contributed by atoms with Crippen molar-refractivity contribution in [3.05, 3.63) is 59.7 Å². The summed E-state index contributed by atoms with van der Waals surface area (Å²) in [4.78, 5) is 37.0. The van der Waals surface area contributed by atoms with Crippen molar-refractivity contribution in [2.24, 2.45) is 11.8 Å². The van der Waals surface area contributed by atoms with E-state index < -0.39 is 42.8 Å². The maximum absolute atomic E-state index is 13.5. The SMILES string of the molecule is CC(C(=O)O)C1CN(C(=O)CC(NC(=O)OCC2c3ccccc3-c3ccccc32)C(F)F)C1. The molecule has 1 fully saturated rings. The zero-order valence-corrected chi connectivity index (χ0v) is 18.6. The van der Waals surface area contributed by atoms with Gasteiger partial charge in [-0.15, -0.1) is 0 Å². The normalized spacial score (nSPS) is 16.9. The van der Waals surface area contributed by atoms with E-state index in [0.29, 0.717) is 0 Å². The van der Waals surface area contributed by atoms with Crippen molar-refractivity contribution in [3.63, 3.8) is 0 Å². The van der Waals surface area contributed by atoms with E-state index in [1.54, 1.807) is 6.92 Å². The molecule has 1 saturated heterocycles. The average molecular weight is 472 g/mol. The van der Waals surface area contributed by atoms with Crippen LogP contribution in [0.4, 0.5) is 13.6 Å². The van der Waals surface area contributed by atoms with Gasteiger partial charge in [0.2, 0.25) is 5.91 Å². The lowest BCUT2D eigenvalue weighted by Gasteiger charge is -2.41. The minimum atomic E-state index is -2.96. The van der Waals surface area contributed by atoms with Crippen molar-refractivity contribution in [3.8, 4) is 11.1 Å². The van der Waals surface area contributed by atoms with Crippen LogP contribution in [-0.2, 0) is 14.3 Å². The molecular formula is C25H26F2N2O5. The highest BCUT2D eigenvalue weighted by Gasteiger charge is 2.39. The van der Waals surface area contributed by atoms with Crippen molar-refractivity contribution in [1.82, 2.24) is 10.2 Å². The lowest BCUT2D eigenvalue weighted by Crippen LogP contribution is -2.55. The van der Waals surface area contributed by atoms with Gasteiger partial charge in [-0.1, -0.05) is 55.5 Å². The average Bonchev–Trinajstić information content (AvgIpc) is 3.09. The van der Waals surface area contributed by atoms with Gasteiger partial charge in [0.15, 0.2) is 0 Å². The molecule has 0 spiro atoms. The first-order chi connectivity index (χ1) is 16.3. The number of nitrogens with one attached hydrogen (secondary N) is 1. The topological polar surface area (TPSA) is 95.9 Å². The number of nitrogens with zero attached hydrogens (tertiary/aromatic N) is 1. The number of hydrogen-bond acceptors (Lipinski definition) is 4. The van der Waals surface area contributed by atoms with Crippen LogP contribution >= 0.6 is 0 Å². The van der Waals surface area contributed by atoms with Gasteiger partial charge in [-0.2, -0.15) is 0 Å². The van der Waals surface area contributed by atoms with Crippen LogP contribution in [0, 0.1) is 11.8 Å². The second kappa shape index (κ2) is 9.79. The number of ether oxygens (including phenoxy) is 1. The molecule has 2 unspecified atom stereocenters. The van der Waals surface area contributed by atoms with Gasteiger partial charge >= 0.3 is 12.1 Å². The lowest BCUT2D eigenvalue weighted by molar-refractivity contribution is -0.151. The fourth-order valence-electron chi connectivity index (χ4n) is 4.55. The zero-order chi connectivity index (χ0) is 24.4. The largest absolute Gasteiger partial charge is 0.481 e. The molecule has 2 aromatic rings. The van der Waals surface area contributed by atoms with Gasteiger partial charge in [-0.25, -0.2) is 13.6 Å². The molecule has 0 aromatic heterocycles. The Balaban J connectivity index is 1.32. The Morgan fingerprint density at radius 3 is 2.15 bits per heavy atom. The molecule has 0 bridgehead atoms. The molecule has 1 aliphatic carbocycles. The first-order valence-corrected chi connectivity index (χ1v) is 11.2. The highest BCUT2D eigenvalue weighted by molar-refractivity contribution is 5.80. The summed E-state index contributed by atoms with van der Waals surface area (Å²) in [6.07, 6.45) is -4.56. The molecule has 0 radical (unpaired) electrons. The first-order valence-electron chi connectivity index (χ1n) is 11.2. The van der Waals surface area contributed by atoms with Gasteiger partial charge in [0.05, 0.1) is 12.3 Å². The van der Waals surface area contributed by atoms with E-state index in [2.05, 4.69) is 5.32 Å². The molecule has 34 heavy (non-hydrogen) atoms. The molecule has 0 saturated carbocycles. The van der Waals surface area contributed by atoms with E-state index in [4.69, 9.17) is 9.84 Å². The van der Waals surface area contributed by atoms with E-state index in [0.717, 1.165) is 22.3 Å². The zero-order valence-electron chi connectivity index (χ0n) is 18.6. The summed E-state index contributed by atoms with van der Waals surface area (Å²) in [7, 11) is 0. The first kappa shape index (κ1) is 23.7. The fourth-order valence-corrected chi connectivity index (χ4v) is 4.55. The van der Waals surface area contributed by atoms with Gasteiger partial charge in [-0.05, 0) is 22.3 Å². The van der Waals surface area contributed by atoms with Crippen LogP contribution in [0.25, 0.3) is 11.1 Å². The lowest BCUT2D eigenvalue weighted by atomic mass is 9.87. The molecule has 1 aliphatic heterocycles. The quantitative estimate of drug-likeness (QED) is 0.611. The van der Waals surface area contributed by atoms with Crippen LogP contribution in [-0.4, -0.2) is 60.1 Å². The van der Waals surface area contributed by atoms with Gasteiger partial charge in [0, 0.05) is 24.9 Å². The van der Waals surface area contributed by atoms with Crippen molar-refractivity contribution in [2.45, 2.75) is 31.7 Å². The number of aliphatic carboxylic acids is 1. The number of carboxylic acids is 1. The maximum Gasteiger partial charge on any atom is 0.407 e.